The van der Waals surface area contributed by atoms with Crippen LogP contribution in [0.5, 0.6) is 0 Å². The minimum Gasteiger partial charge on any atom is -0.324 e. The Morgan fingerprint density at radius 2 is 0.773 bits per heavy atom. The first kappa shape index (κ1) is 24.7. The second-order valence-corrected chi connectivity index (χ2v) is 12.0. The summed E-state index contributed by atoms with van der Waals surface area (Å²) in [5.41, 5.74) is 2.11. The van der Waals surface area contributed by atoms with Crippen LogP contribution < -0.4 is 22.0 Å². The molecule has 1 aliphatic rings. The van der Waals surface area contributed by atoms with Gasteiger partial charge in [-0.3, -0.25) is 4.55 Å². The van der Waals surface area contributed by atoms with Crippen molar-refractivity contribution < 1.29 is 13.0 Å². The predicted molar refractivity (Wildman–Crippen MR) is 166 cm³/mol. The van der Waals surface area contributed by atoms with Gasteiger partial charge in [-0.1, -0.05) is 72.8 Å². The highest BCUT2D eigenvalue weighted by atomic mass is 32.2. The number of benzene rings is 4. The molecule has 8 bridgehead atoms. The lowest BCUT2D eigenvalue weighted by molar-refractivity contribution is 0.483. The third kappa shape index (κ3) is 3.68. The smallest absolute Gasteiger partial charge is 0.294 e. The van der Waals surface area contributed by atoms with Gasteiger partial charge in [-0.15, -0.1) is 0 Å². The largest absolute Gasteiger partial charge is 0.324 e. The number of rotatable bonds is 1. The molecule has 1 aliphatic heterocycles. The lowest BCUT2D eigenvalue weighted by Gasteiger charge is -1.97. The van der Waals surface area contributed by atoms with Crippen LogP contribution in [0.25, 0.3) is 43.1 Å². The Hall–Kier alpha value is -5.85. The monoisotopic (exact) mass is 596 g/mol. The molecule has 0 spiro atoms. The fraction of sp³-hybridized carbons (Fsp3) is 0. The van der Waals surface area contributed by atoms with Crippen molar-refractivity contribution >= 4 is 76.5 Å². The molecule has 0 radical (unpaired) electrons. The molecule has 11 nitrogen and oxygen atoms in total. The highest BCUT2D eigenvalue weighted by molar-refractivity contribution is 7.85. The summed E-state index contributed by atoms with van der Waals surface area (Å²) >= 11 is 0. The van der Waals surface area contributed by atoms with E-state index in [-0.39, 0.29) is 4.90 Å². The number of H-pyrrole nitrogens is 4. The SMILES string of the molecule is O=S(=O)(O)c1ccc2c3[nH]c(c2c1)=Nc1[nH]c(c2ccccc12)N=c1[nH]c(c2ccccc12)=Nc1[nH]c(c2ccccc12)N=3. The zero-order valence-corrected chi connectivity index (χ0v) is 23.4. The average molecular weight is 597 g/mol. The number of nitrogens with zero attached hydrogens (tertiary/aromatic N) is 4. The zero-order valence-electron chi connectivity index (χ0n) is 22.6. The maximum Gasteiger partial charge on any atom is 0.294 e. The third-order valence-electron chi connectivity index (χ3n) is 7.95. The molecular weight excluding hydrogens is 576 g/mol. The maximum atomic E-state index is 12.1. The van der Waals surface area contributed by atoms with E-state index in [9.17, 15) is 13.0 Å². The zero-order chi connectivity index (χ0) is 29.6. The first-order chi connectivity index (χ1) is 21.4. The van der Waals surface area contributed by atoms with Gasteiger partial charge in [-0.25, -0.2) is 20.0 Å². The van der Waals surface area contributed by atoms with Gasteiger partial charge in [0, 0.05) is 43.1 Å². The molecule has 44 heavy (non-hydrogen) atoms. The molecule has 8 aromatic rings. The summed E-state index contributed by atoms with van der Waals surface area (Å²) in [4.78, 5) is 33.1. The molecule has 0 amide bonds. The van der Waals surface area contributed by atoms with Crippen molar-refractivity contribution in [2.24, 2.45) is 20.0 Å². The number of fused-ring (bicyclic) bond motifs is 20. The van der Waals surface area contributed by atoms with E-state index in [4.69, 9.17) is 20.0 Å². The topological polar surface area (TPSA) is 167 Å². The van der Waals surface area contributed by atoms with E-state index in [1.165, 1.54) is 12.1 Å². The summed E-state index contributed by atoms with van der Waals surface area (Å²) in [6.45, 7) is 0. The van der Waals surface area contributed by atoms with E-state index in [2.05, 4.69) is 19.9 Å². The predicted octanol–water partition coefficient (Wildman–Crippen LogP) is 4.98. The Morgan fingerprint density at radius 1 is 0.432 bits per heavy atom. The van der Waals surface area contributed by atoms with E-state index in [1.54, 1.807) is 6.07 Å². The van der Waals surface area contributed by atoms with Crippen LogP contribution >= 0.6 is 0 Å². The van der Waals surface area contributed by atoms with Gasteiger partial charge >= 0.3 is 0 Å². The van der Waals surface area contributed by atoms with Crippen molar-refractivity contribution in [2.75, 3.05) is 0 Å². The van der Waals surface area contributed by atoms with Crippen LogP contribution in [0.1, 0.15) is 0 Å². The number of hydrogen-bond acceptors (Lipinski definition) is 6. The molecule has 9 rings (SSSR count). The molecular formula is C32H20N8O3S. The molecule has 0 saturated heterocycles. The average Bonchev–Trinajstić information content (AvgIpc) is 3.76. The van der Waals surface area contributed by atoms with Crippen LogP contribution in [-0.2, 0) is 10.1 Å². The highest BCUT2D eigenvalue weighted by Gasteiger charge is 2.16. The lowest BCUT2D eigenvalue weighted by Crippen LogP contribution is -2.10. The molecule has 0 aliphatic carbocycles. The van der Waals surface area contributed by atoms with Crippen molar-refractivity contribution in [3.05, 3.63) is 113 Å². The van der Waals surface area contributed by atoms with Gasteiger partial charge in [0.1, 0.15) is 45.2 Å². The fourth-order valence-electron chi connectivity index (χ4n) is 5.91. The van der Waals surface area contributed by atoms with Gasteiger partial charge < -0.3 is 19.9 Å². The Labute approximate surface area is 246 Å². The van der Waals surface area contributed by atoms with Crippen LogP contribution in [0.2, 0.25) is 0 Å². The minimum atomic E-state index is -4.46. The van der Waals surface area contributed by atoms with E-state index in [1.807, 2.05) is 72.8 Å². The Balaban J connectivity index is 1.49. The van der Waals surface area contributed by atoms with Crippen molar-refractivity contribution in [2.45, 2.75) is 4.90 Å². The Bertz CT molecular complexity index is 2870. The van der Waals surface area contributed by atoms with Gasteiger partial charge in [0.15, 0.2) is 0 Å². The summed E-state index contributed by atoms with van der Waals surface area (Å²) in [7, 11) is -4.46. The number of hydrogen-bond donors (Lipinski definition) is 5. The first-order valence-electron chi connectivity index (χ1n) is 13.7. The maximum absolute atomic E-state index is 12.1. The molecule has 0 unspecified atom stereocenters. The summed E-state index contributed by atoms with van der Waals surface area (Å²) < 4.78 is 34.0. The molecule has 212 valence electrons. The molecule has 5 N–H and O–H groups in total. The number of aromatic nitrogens is 4. The van der Waals surface area contributed by atoms with Gasteiger partial charge in [0.05, 0.1) is 4.90 Å². The van der Waals surface area contributed by atoms with E-state index in [0.717, 1.165) is 32.3 Å². The van der Waals surface area contributed by atoms with Crippen molar-refractivity contribution in [3.63, 3.8) is 0 Å². The summed E-state index contributed by atoms with van der Waals surface area (Å²) in [6, 6.07) is 27.9. The number of aromatic amines is 4. The van der Waals surface area contributed by atoms with Gasteiger partial charge in [-0.2, -0.15) is 8.42 Å². The highest BCUT2D eigenvalue weighted by Crippen LogP contribution is 2.35. The molecule has 4 aromatic heterocycles. The lowest BCUT2D eigenvalue weighted by atomic mass is 10.2. The van der Waals surface area contributed by atoms with E-state index >= 15 is 0 Å². The second-order valence-electron chi connectivity index (χ2n) is 10.6. The van der Waals surface area contributed by atoms with E-state index in [0.29, 0.717) is 56.0 Å². The van der Waals surface area contributed by atoms with Gasteiger partial charge in [0.25, 0.3) is 10.1 Å². The summed E-state index contributed by atoms with van der Waals surface area (Å²) in [5, 5.41) is 6.33. The van der Waals surface area contributed by atoms with Gasteiger partial charge in [-0.05, 0) is 18.2 Å². The molecule has 0 fully saturated rings. The van der Waals surface area contributed by atoms with Crippen LogP contribution in [0.4, 0.5) is 23.3 Å². The molecule has 0 saturated carbocycles. The molecule has 0 atom stereocenters. The number of nitrogens with one attached hydrogen (secondary N) is 4. The van der Waals surface area contributed by atoms with E-state index < -0.39 is 10.1 Å². The second kappa shape index (κ2) is 8.83. The Kier molecular flexibility index (Phi) is 4.96. The third-order valence-corrected chi connectivity index (χ3v) is 8.80. The van der Waals surface area contributed by atoms with Crippen molar-refractivity contribution in [1.82, 2.24) is 19.9 Å². The normalized spacial score (nSPS) is 13.1. The Morgan fingerprint density at radius 3 is 1.16 bits per heavy atom. The summed E-state index contributed by atoms with van der Waals surface area (Å²) in [6.07, 6.45) is 0. The molecule has 4 aromatic carbocycles. The molecule has 12 heteroatoms. The van der Waals surface area contributed by atoms with Crippen molar-refractivity contribution in [3.8, 4) is 0 Å². The van der Waals surface area contributed by atoms with Crippen LogP contribution in [0, 0.1) is 0 Å². The fourth-order valence-corrected chi connectivity index (χ4v) is 6.42. The summed E-state index contributed by atoms with van der Waals surface area (Å²) in [5.74, 6) is 2.30. The quantitative estimate of drug-likeness (QED) is 0.169. The molecule has 5 heterocycles. The van der Waals surface area contributed by atoms with Gasteiger partial charge in [0.2, 0.25) is 0 Å². The standard InChI is InChI=1S/C32H20N8O3S/c41-44(42,43)16-13-14-23-24(15-16)32-39-30-22-12-6-5-11-21(22)28(37-30)35-26-18-8-2-1-7-17(18)25(33-26)34-27-19-9-3-4-10-20(19)29(36-27)38-31(23)40-32/h1-15H,(H,41,42,43)(H4,33,34,35,36,37,38,39,40). The van der Waals surface area contributed by atoms with Crippen LogP contribution in [0.15, 0.2) is 116 Å². The first-order valence-corrected chi connectivity index (χ1v) is 15.2. The van der Waals surface area contributed by atoms with Crippen molar-refractivity contribution in [1.29, 1.82) is 0 Å². The minimum absolute atomic E-state index is 0.245. The van der Waals surface area contributed by atoms with Crippen LogP contribution in [-0.4, -0.2) is 32.9 Å². The van der Waals surface area contributed by atoms with Crippen LogP contribution in [0.3, 0.4) is 0 Å².